The Labute approximate surface area is 141 Å². The van der Waals surface area contributed by atoms with Crippen LogP contribution < -0.4 is 5.32 Å². The van der Waals surface area contributed by atoms with E-state index in [1.807, 2.05) is 0 Å². The van der Waals surface area contributed by atoms with Crippen LogP contribution in [0.25, 0.3) is 0 Å². The lowest BCUT2D eigenvalue weighted by Crippen LogP contribution is -2.48. The number of nitrogens with zero attached hydrogens (tertiary/aromatic N) is 1. The second-order valence-electron chi connectivity index (χ2n) is 9.02. The molecule has 0 radical (unpaired) electrons. The molecule has 2 fully saturated rings. The first-order valence-corrected chi connectivity index (χ1v) is 9.11. The first-order chi connectivity index (χ1) is 10.6. The Bertz CT molecular complexity index is 456. The molecule has 1 unspecified atom stereocenters. The lowest BCUT2D eigenvalue weighted by Gasteiger charge is -2.52. The van der Waals surface area contributed by atoms with Crippen LogP contribution in [0.1, 0.15) is 66.7 Å². The highest BCUT2D eigenvalue weighted by molar-refractivity contribution is 5.89. The molecule has 23 heavy (non-hydrogen) atoms. The van der Waals surface area contributed by atoms with E-state index >= 15 is 0 Å². The van der Waals surface area contributed by atoms with Crippen molar-refractivity contribution in [3.63, 3.8) is 0 Å². The van der Waals surface area contributed by atoms with E-state index in [4.69, 9.17) is 0 Å². The smallest absolute Gasteiger partial charge is 0.225 e. The van der Waals surface area contributed by atoms with Crippen molar-refractivity contribution in [2.45, 2.75) is 72.8 Å². The van der Waals surface area contributed by atoms with Crippen molar-refractivity contribution in [3.05, 3.63) is 0 Å². The highest BCUT2D eigenvalue weighted by atomic mass is 16.2. The molecule has 1 aliphatic heterocycles. The number of carbonyl (C=O) groups is 2. The summed E-state index contributed by atoms with van der Waals surface area (Å²) in [7, 11) is 1.77. The molecule has 1 heterocycles. The fourth-order valence-electron chi connectivity index (χ4n) is 4.83. The minimum atomic E-state index is -0.160. The molecule has 0 aromatic carbocycles. The summed E-state index contributed by atoms with van der Waals surface area (Å²) in [6.07, 6.45) is 4.81. The van der Waals surface area contributed by atoms with Gasteiger partial charge >= 0.3 is 0 Å². The van der Waals surface area contributed by atoms with Gasteiger partial charge in [-0.2, -0.15) is 0 Å². The van der Waals surface area contributed by atoms with Gasteiger partial charge < -0.3 is 10.2 Å². The van der Waals surface area contributed by atoms with Crippen molar-refractivity contribution in [1.82, 2.24) is 10.2 Å². The summed E-state index contributed by atoms with van der Waals surface area (Å²) >= 11 is 0. The summed E-state index contributed by atoms with van der Waals surface area (Å²) in [4.78, 5) is 25.7. The summed E-state index contributed by atoms with van der Waals surface area (Å²) in [5.41, 5.74) is 0.647. The van der Waals surface area contributed by atoms with Crippen LogP contribution in [0.2, 0.25) is 0 Å². The van der Waals surface area contributed by atoms with Gasteiger partial charge in [0, 0.05) is 26.1 Å². The van der Waals surface area contributed by atoms with E-state index in [9.17, 15) is 9.59 Å². The average molecular weight is 322 g/mol. The van der Waals surface area contributed by atoms with E-state index in [1.54, 1.807) is 11.9 Å². The van der Waals surface area contributed by atoms with Crippen LogP contribution in [0.3, 0.4) is 0 Å². The number of nitrogens with one attached hydrogen (secondary N) is 1. The molecule has 0 spiro atoms. The van der Waals surface area contributed by atoms with Gasteiger partial charge in [-0.3, -0.25) is 9.59 Å². The van der Waals surface area contributed by atoms with Gasteiger partial charge in [-0.15, -0.1) is 0 Å². The number of hydrogen-bond acceptors (Lipinski definition) is 2. The average Bonchev–Trinajstić information content (AvgIpc) is 2.78. The van der Waals surface area contributed by atoms with Crippen LogP contribution in [0.4, 0.5) is 0 Å². The van der Waals surface area contributed by atoms with Gasteiger partial charge in [0.15, 0.2) is 0 Å². The molecular formula is C19H34N2O2. The predicted molar refractivity (Wildman–Crippen MR) is 92.9 cm³/mol. The Hall–Kier alpha value is -1.06. The van der Waals surface area contributed by atoms with Gasteiger partial charge in [0.25, 0.3) is 0 Å². The van der Waals surface area contributed by atoms with E-state index in [2.05, 4.69) is 39.9 Å². The number of amides is 2. The summed E-state index contributed by atoms with van der Waals surface area (Å²) < 4.78 is 0. The maximum atomic E-state index is 12.4. The summed E-state index contributed by atoms with van der Waals surface area (Å²) in [6.45, 7) is 12.3. The van der Waals surface area contributed by atoms with Gasteiger partial charge in [-0.25, -0.2) is 0 Å². The third-order valence-electron chi connectivity index (χ3n) is 6.53. The molecule has 1 aliphatic carbocycles. The lowest BCUT2D eigenvalue weighted by molar-refractivity contribution is -0.129. The topological polar surface area (TPSA) is 49.4 Å². The number of carbonyl (C=O) groups excluding carboxylic acids is 2. The quantitative estimate of drug-likeness (QED) is 0.867. The van der Waals surface area contributed by atoms with Crippen molar-refractivity contribution in [2.24, 2.45) is 22.7 Å². The monoisotopic (exact) mass is 322 g/mol. The van der Waals surface area contributed by atoms with Gasteiger partial charge in [-0.05, 0) is 42.4 Å². The van der Waals surface area contributed by atoms with E-state index in [0.717, 1.165) is 12.8 Å². The minimum Gasteiger partial charge on any atom is -0.353 e. The highest BCUT2D eigenvalue weighted by Crippen LogP contribution is 2.54. The first-order valence-electron chi connectivity index (χ1n) is 9.11. The molecule has 0 aromatic heterocycles. The maximum Gasteiger partial charge on any atom is 0.225 e. The van der Waals surface area contributed by atoms with Crippen molar-refractivity contribution >= 4 is 11.8 Å². The SMILES string of the molecule is CC(C)C1(C(C)(C)C)CCC(NC(=O)C2CC(=O)N(C)C2)CC1. The highest BCUT2D eigenvalue weighted by Gasteiger charge is 2.46. The van der Waals surface area contributed by atoms with Crippen molar-refractivity contribution in [3.8, 4) is 0 Å². The van der Waals surface area contributed by atoms with Crippen molar-refractivity contribution in [2.75, 3.05) is 13.6 Å². The normalized spacial score (nSPS) is 32.5. The van der Waals surface area contributed by atoms with E-state index in [1.165, 1.54) is 12.8 Å². The number of rotatable bonds is 3. The van der Waals surface area contributed by atoms with E-state index in [0.29, 0.717) is 24.3 Å². The van der Waals surface area contributed by atoms with Crippen molar-refractivity contribution in [1.29, 1.82) is 0 Å². The van der Waals surface area contributed by atoms with E-state index in [-0.39, 0.29) is 29.2 Å². The number of likely N-dealkylation sites (tertiary alicyclic amines) is 1. The Morgan fingerprint density at radius 2 is 1.83 bits per heavy atom. The Balaban J connectivity index is 1.92. The standard InChI is InChI=1S/C19H34N2O2/c1-13(2)19(18(3,4)5)9-7-15(8-10-19)20-17(23)14-11-16(22)21(6)12-14/h13-15H,7-12H2,1-6H3,(H,20,23). The Morgan fingerprint density at radius 3 is 2.22 bits per heavy atom. The first kappa shape index (κ1) is 18.3. The molecule has 1 atom stereocenters. The minimum absolute atomic E-state index is 0.0699. The molecule has 1 saturated heterocycles. The third-order valence-corrected chi connectivity index (χ3v) is 6.53. The van der Waals surface area contributed by atoms with E-state index < -0.39 is 0 Å². The van der Waals surface area contributed by atoms with Crippen LogP contribution in [0.5, 0.6) is 0 Å². The van der Waals surface area contributed by atoms with Crippen LogP contribution >= 0.6 is 0 Å². The molecule has 0 bridgehead atoms. The van der Waals surface area contributed by atoms with Gasteiger partial charge in [0.2, 0.25) is 11.8 Å². The lowest BCUT2D eigenvalue weighted by atomic mass is 9.54. The molecule has 1 saturated carbocycles. The summed E-state index contributed by atoms with van der Waals surface area (Å²) in [5, 5.41) is 3.21. The Kier molecular flexibility index (Phi) is 5.12. The summed E-state index contributed by atoms with van der Waals surface area (Å²) in [5.74, 6) is 0.646. The molecule has 2 amide bonds. The Morgan fingerprint density at radius 1 is 1.26 bits per heavy atom. The third kappa shape index (κ3) is 3.56. The van der Waals surface area contributed by atoms with Crippen LogP contribution in [-0.4, -0.2) is 36.3 Å². The van der Waals surface area contributed by atoms with Crippen molar-refractivity contribution < 1.29 is 9.59 Å². The van der Waals surface area contributed by atoms with Crippen LogP contribution in [0, 0.1) is 22.7 Å². The molecule has 1 N–H and O–H groups in total. The fraction of sp³-hybridized carbons (Fsp3) is 0.895. The zero-order chi connectivity index (χ0) is 17.4. The largest absolute Gasteiger partial charge is 0.353 e. The zero-order valence-corrected chi connectivity index (χ0v) is 15.7. The molecule has 2 aliphatic rings. The number of hydrogen-bond donors (Lipinski definition) is 1. The van der Waals surface area contributed by atoms with Crippen LogP contribution in [0.15, 0.2) is 0 Å². The molecule has 0 aromatic rings. The molecule has 4 heteroatoms. The molecule has 132 valence electrons. The second-order valence-corrected chi connectivity index (χ2v) is 9.02. The van der Waals surface area contributed by atoms with Gasteiger partial charge in [-0.1, -0.05) is 34.6 Å². The van der Waals surface area contributed by atoms with Gasteiger partial charge in [0.1, 0.15) is 0 Å². The van der Waals surface area contributed by atoms with Gasteiger partial charge in [0.05, 0.1) is 5.92 Å². The second kappa shape index (κ2) is 6.45. The zero-order valence-electron chi connectivity index (χ0n) is 15.7. The maximum absolute atomic E-state index is 12.4. The molecule has 4 nitrogen and oxygen atoms in total. The van der Waals surface area contributed by atoms with Crippen LogP contribution in [-0.2, 0) is 9.59 Å². The molecule has 2 rings (SSSR count). The summed E-state index contributed by atoms with van der Waals surface area (Å²) in [6, 6.07) is 0.276. The fourth-order valence-corrected chi connectivity index (χ4v) is 4.83. The predicted octanol–water partition coefficient (Wildman–Crippen LogP) is 3.21. The molecular weight excluding hydrogens is 288 g/mol.